The molecule has 0 fully saturated rings. The maximum Gasteiger partial charge on any atom is 0.197 e. The van der Waals surface area contributed by atoms with Crippen LogP contribution in [0.15, 0.2) is 36.1 Å². The number of aryl methyl sites for hydroxylation is 2. The number of benzene rings is 1. The summed E-state index contributed by atoms with van der Waals surface area (Å²) in [4.78, 5) is 11.8. The fraction of sp³-hybridized carbons (Fsp3) is 0.400. The summed E-state index contributed by atoms with van der Waals surface area (Å²) in [6.45, 7) is 2.75. The fourth-order valence-corrected chi connectivity index (χ4v) is 1.89. The number of hydrogen-bond acceptors (Lipinski definition) is 2. The van der Waals surface area contributed by atoms with Gasteiger partial charge in [0, 0.05) is 6.42 Å². The molecule has 0 amide bonds. The number of hydrogen-bond donors (Lipinski definition) is 0. The minimum atomic E-state index is 0.130. The lowest BCUT2D eigenvalue weighted by Gasteiger charge is -2.13. The van der Waals surface area contributed by atoms with E-state index in [2.05, 4.69) is 31.2 Å². The Morgan fingerprint density at radius 1 is 1.29 bits per heavy atom. The molecular weight excluding hydrogens is 212 g/mol. The van der Waals surface area contributed by atoms with Gasteiger partial charge in [-0.15, -0.1) is 0 Å². The summed E-state index contributed by atoms with van der Waals surface area (Å²) in [5.41, 5.74) is 2.46. The van der Waals surface area contributed by atoms with Crippen LogP contribution in [-0.2, 0) is 16.0 Å². The minimum absolute atomic E-state index is 0.130. The summed E-state index contributed by atoms with van der Waals surface area (Å²) in [7, 11) is 0. The lowest BCUT2D eigenvalue weighted by molar-refractivity contribution is -0.119. The number of carbonyl (C=O) groups excluding carboxylic acids is 1. The van der Waals surface area contributed by atoms with Crippen LogP contribution in [0.2, 0.25) is 0 Å². The van der Waals surface area contributed by atoms with Gasteiger partial charge in [0.05, 0.1) is 6.61 Å². The number of ketones is 1. The van der Waals surface area contributed by atoms with Crippen LogP contribution in [0.3, 0.4) is 0 Å². The predicted octanol–water partition coefficient (Wildman–Crippen LogP) is 3.19. The van der Waals surface area contributed by atoms with Gasteiger partial charge in [0.1, 0.15) is 0 Å². The average Bonchev–Trinajstić information content (AvgIpc) is 2.39. The second kappa shape index (κ2) is 5.67. The summed E-state index contributed by atoms with van der Waals surface area (Å²) in [5, 5.41) is 0. The zero-order valence-corrected chi connectivity index (χ0v) is 10.2. The van der Waals surface area contributed by atoms with E-state index in [4.69, 9.17) is 4.74 Å². The second-order valence-corrected chi connectivity index (χ2v) is 4.47. The molecule has 1 aromatic rings. The summed E-state index contributed by atoms with van der Waals surface area (Å²) in [6.07, 6.45) is 5.23. The third kappa shape index (κ3) is 3.45. The number of rotatable bonds is 4. The normalized spacial score (nSPS) is 15.0. The van der Waals surface area contributed by atoms with E-state index in [9.17, 15) is 4.79 Å². The molecule has 1 aliphatic heterocycles. The van der Waals surface area contributed by atoms with Crippen LogP contribution in [0.4, 0.5) is 0 Å². The molecule has 1 heterocycles. The molecule has 0 saturated carbocycles. The fourth-order valence-electron chi connectivity index (χ4n) is 1.89. The van der Waals surface area contributed by atoms with Crippen LogP contribution in [0.25, 0.3) is 0 Å². The van der Waals surface area contributed by atoms with Crippen molar-refractivity contribution >= 4 is 5.78 Å². The maximum absolute atomic E-state index is 11.8. The van der Waals surface area contributed by atoms with Gasteiger partial charge < -0.3 is 4.74 Å². The second-order valence-electron chi connectivity index (χ2n) is 4.47. The third-order valence-electron chi connectivity index (χ3n) is 2.97. The van der Waals surface area contributed by atoms with E-state index in [0.29, 0.717) is 18.8 Å². The van der Waals surface area contributed by atoms with Gasteiger partial charge in [0.15, 0.2) is 11.5 Å². The van der Waals surface area contributed by atoms with Gasteiger partial charge in [0.25, 0.3) is 0 Å². The summed E-state index contributed by atoms with van der Waals surface area (Å²) in [6, 6.07) is 8.32. The zero-order valence-electron chi connectivity index (χ0n) is 10.2. The first-order chi connectivity index (χ1) is 8.25. The molecule has 0 aliphatic carbocycles. The Kier molecular flexibility index (Phi) is 3.97. The SMILES string of the molecule is Cc1ccc(CCC(=O)C2=CCCCO2)cc1. The lowest BCUT2D eigenvalue weighted by Crippen LogP contribution is -2.11. The van der Waals surface area contributed by atoms with Crippen molar-refractivity contribution in [2.75, 3.05) is 6.61 Å². The molecular formula is C15H18O2. The Hall–Kier alpha value is -1.57. The molecule has 1 aliphatic rings. The van der Waals surface area contributed by atoms with E-state index >= 15 is 0 Å². The van der Waals surface area contributed by atoms with Crippen LogP contribution >= 0.6 is 0 Å². The molecule has 0 aromatic heterocycles. The molecule has 1 aromatic carbocycles. The van der Waals surface area contributed by atoms with Crippen LogP contribution in [-0.4, -0.2) is 12.4 Å². The van der Waals surface area contributed by atoms with Crippen molar-refractivity contribution in [3.63, 3.8) is 0 Å². The van der Waals surface area contributed by atoms with Gasteiger partial charge in [-0.05, 0) is 37.8 Å². The summed E-state index contributed by atoms with van der Waals surface area (Å²) in [5.74, 6) is 0.702. The van der Waals surface area contributed by atoms with E-state index < -0.39 is 0 Å². The standard InChI is InChI=1S/C15H18O2/c1-12-5-7-13(8-6-12)9-10-14(16)15-4-2-3-11-17-15/h4-8H,2-3,9-11H2,1H3. The van der Waals surface area contributed by atoms with E-state index in [0.717, 1.165) is 19.3 Å². The molecule has 0 unspecified atom stereocenters. The Labute approximate surface area is 102 Å². The molecule has 2 nitrogen and oxygen atoms in total. The number of carbonyl (C=O) groups is 1. The topological polar surface area (TPSA) is 26.3 Å². The Morgan fingerprint density at radius 2 is 2.06 bits per heavy atom. The minimum Gasteiger partial charge on any atom is -0.490 e. The first kappa shape index (κ1) is 11.9. The highest BCUT2D eigenvalue weighted by Gasteiger charge is 2.13. The highest BCUT2D eigenvalue weighted by Crippen LogP contribution is 2.14. The van der Waals surface area contributed by atoms with Crippen molar-refractivity contribution in [3.05, 3.63) is 47.2 Å². The van der Waals surface area contributed by atoms with E-state index in [1.54, 1.807) is 0 Å². The molecule has 2 rings (SSSR count). The molecule has 0 N–H and O–H groups in total. The molecule has 0 saturated heterocycles. The predicted molar refractivity (Wildman–Crippen MR) is 67.8 cm³/mol. The van der Waals surface area contributed by atoms with Crippen LogP contribution in [0.1, 0.15) is 30.4 Å². The molecule has 0 spiro atoms. The van der Waals surface area contributed by atoms with Gasteiger partial charge in [0.2, 0.25) is 0 Å². The van der Waals surface area contributed by atoms with Gasteiger partial charge in [-0.3, -0.25) is 4.79 Å². The first-order valence-electron chi connectivity index (χ1n) is 6.17. The number of allylic oxidation sites excluding steroid dienone is 2. The maximum atomic E-state index is 11.8. The van der Waals surface area contributed by atoms with E-state index in [-0.39, 0.29) is 5.78 Å². The van der Waals surface area contributed by atoms with Crippen molar-refractivity contribution in [2.45, 2.75) is 32.6 Å². The average molecular weight is 230 g/mol. The highest BCUT2D eigenvalue weighted by molar-refractivity contribution is 5.93. The summed E-state index contributed by atoms with van der Waals surface area (Å²) >= 11 is 0. The third-order valence-corrected chi connectivity index (χ3v) is 2.97. The van der Waals surface area contributed by atoms with E-state index in [1.807, 2.05) is 6.08 Å². The highest BCUT2D eigenvalue weighted by atomic mass is 16.5. The molecule has 0 radical (unpaired) electrons. The smallest absolute Gasteiger partial charge is 0.197 e. The van der Waals surface area contributed by atoms with Crippen molar-refractivity contribution in [3.8, 4) is 0 Å². The first-order valence-corrected chi connectivity index (χ1v) is 6.17. The van der Waals surface area contributed by atoms with E-state index in [1.165, 1.54) is 11.1 Å². The molecule has 2 heteroatoms. The Bertz CT molecular complexity index is 415. The number of ether oxygens (including phenoxy) is 1. The van der Waals surface area contributed by atoms with Gasteiger partial charge in [-0.1, -0.05) is 29.8 Å². The quantitative estimate of drug-likeness (QED) is 0.794. The van der Waals surface area contributed by atoms with Crippen LogP contribution in [0.5, 0.6) is 0 Å². The Balaban J connectivity index is 1.87. The van der Waals surface area contributed by atoms with Gasteiger partial charge in [-0.2, -0.15) is 0 Å². The van der Waals surface area contributed by atoms with Crippen molar-refractivity contribution < 1.29 is 9.53 Å². The van der Waals surface area contributed by atoms with Gasteiger partial charge >= 0.3 is 0 Å². The van der Waals surface area contributed by atoms with Crippen molar-refractivity contribution in [2.24, 2.45) is 0 Å². The molecule has 17 heavy (non-hydrogen) atoms. The largest absolute Gasteiger partial charge is 0.490 e. The monoisotopic (exact) mass is 230 g/mol. The van der Waals surface area contributed by atoms with Crippen LogP contribution < -0.4 is 0 Å². The molecule has 0 atom stereocenters. The summed E-state index contributed by atoms with van der Waals surface area (Å²) < 4.78 is 5.36. The Morgan fingerprint density at radius 3 is 2.71 bits per heavy atom. The van der Waals surface area contributed by atoms with Crippen molar-refractivity contribution in [1.29, 1.82) is 0 Å². The number of Topliss-reactive ketones (excluding diaryl/α,β-unsaturated/α-hetero) is 1. The molecule has 90 valence electrons. The lowest BCUT2D eigenvalue weighted by atomic mass is 10.0. The van der Waals surface area contributed by atoms with Crippen molar-refractivity contribution in [1.82, 2.24) is 0 Å². The van der Waals surface area contributed by atoms with Gasteiger partial charge in [-0.25, -0.2) is 0 Å². The zero-order chi connectivity index (χ0) is 12.1. The van der Waals surface area contributed by atoms with Crippen LogP contribution in [0, 0.1) is 6.92 Å². The molecule has 0 bridgehead atoms.